The van der Waals surface area contributed by atoms with Gasteiger partial charge < -0.3 is 15.0 Å². The van der Waals surface area contributed by atoms with Crippen LogP contribution in [0.5, 0.6) is 11.6 Å². The zero-order chi connectivity index (χ0) is 14.8. The van der Waals surface area contributed by atoms with Crippen molar-refractivity contribution < 1.29 is 4.74 Å². The molecule has 2 heterocycles. The number of H-pyrrole nitrogens is 1. The molecule has 2 N–H and O–H groups in total. The van der Waals surface area contributed by atoms with Crippen LogP contribution < -0.4 is 10.1 Å². The number of benzene rings is 1. The number of nitrogens with one attached hydrogen (secondary N) is 2. The summed E-state index contributed by atoms with van der Waals surface area (Å²) in [6.45, 7) is 6.85. The first-order valence-electron chi connectivity index (χ1n) is 6.87. The van der Waals surface area contributed by atoms with Crippen LogP contribution in [0.4, 0.5) is 5.95 Å². The molecule has 0 aliphatic heterocycles. The fourth-order valence-electron chi connectivity index (χ4n) is 2.01. The van der Waals surface area contributed by atoms with Gasteiger partial charge in [-0.3, -0.25) is 0 Å². The van der Waals surface area contributed by atoms with Gasteiger partial charge in [0.25, 0.3) is 5.88 Å². The molecular weight excluding hydrogens is 266 g/mol. The summed E-state index contributed by atoms with van der Waals surface area (Å²) in [5.74, 6) is 1.72. The van der Waals surface area contributed by atoms with Crippen molar-refractivity contribution >= 4 is 17.1 Å². The van der Waals surface area contributed by atoms with Crippen LogP contribution in [0.15, 0.2) is 24.5 Å². The molecule has 108 valence electrons. The Kier molecular flexibility index (Phi) is 3.43. The van der Waals surface area contributed by atoms with Crippen molar-refractivity contribution in [1.82, 2.24) is 19.9 Å². The van der Waals surface area contributed by atoms with Crippen molar-refractivity contribution in [3.05, 3.63) is 35.7 Å². The molecule has 6 nitrogen and oxygen atoms in total. The van der Waals surface area contributed by atoms with Gasteiger partial charge in [-0.05, 0) is 44.0 Å². The Labute approximate surface area is 122 Å². The van der Waals surface area contributed by atoms with E-state index in [1.54, 1.807) is 6.33 Å². The van der Waals surface area contributed by atoms with Gasteiger partial charge >= 0.3 is 0 Å². The highest BCUT2D eigenvalue weighted by atomic mass is 16.5. The second-order valence-corrected chi connectivity index (χ2v) is 4.83. The summed E-state index contributed by atoms with van der Waals surface area (Å²) in [4.78, 5) is 15.9. The second-order valence-electron chi connectivity index (χ2n) is 4.83. The van der Waals surface area contributed by atoms with Gasteiger partial charge in [0.15, 0.2) is 5.65 Å². The molecule has 3 aromatic rings. The monoisotopic (exact) mass is 283 g/mol. The van der Waals surface area contributed by atoms with Gasteiger partial charge in [-0.15, -0.1) is 0 Å². The number of anilines is 1. The average molecular weight is 283 g/mol. The maximum atomic E-state index is 5.91. The van der Waals surface area contributed by atoms with Crippen LogP contribution in [0, 0.1) is 13.8 Å². The van der Waals surface area contributed by atoms with E-state index in [0.29, 0.717) is 23.0 Å². The highest BCUT2D eigenvalue weighted by molar-refractivity contribution is 5.77. The van der Waals surface area contributed by atoms with Crippen molar-refractivity contribution in [2.75, 3.05) is 11.9 Å². The van der Waals surface area contributed by atoms with Crippen molar-refractivity contribution in [3.63, 3.8) is 0 Å². The van der Waals surface area contributed by atoms with E-state index in [2.05, 4.69) is 39.1 Å². The minimum absolute atomic E-state index is 0.469. The first-order chi connectivity index (χ1) is 10.2. The maximum Gasteiger partial charge on any atom is 0.250 e. The topological polar surface area (TPSA) is 75.7 Å². The minimum Gasteiger partial charge on any atom is -0.437 e. The molecule has 0 fully saturated rings. The number of rotatable bonds is 4. The molecule has 0 aliphatic carbocycles. The summed E-state index contributed by atoms with van der Waals surface area (Å²) in [5, 5.41) is 3.08. The summed E-state index contributed by atoms with van der Waals surface area (Å²) in [5.41, 5.74) is 3.68. The SMILES string of the molecule is CCNc1nc(Oc2ccc(C)c(C)c2)c2[nH]cnc2n1. The Morgan fingerprint density at radius 3 is 2.81 bits per heavy atom. The normalized spacial score (nSPS) is 10.8. The molecule has 21 heavy (non-hydrogen) atoms. The predicted octanol–water partition coefficient (Wildman–Crippen LogP) is 3.19. The summed E-state index contributed by atoms with van der Waals surface area (Å²) in [7, 11) is 0. The van der Waals surface area contributed by atoms with Gasteiger partial charge in [0.1, 0.15) is 11.3 Å². The van der Waals surface area contributed by atoms with Gasteiger partial charge in [-0.1, -0.05) is 6.07 Å². The van der Waals surface area contributed by atoms with Crippen molar-refractivity contribution in [2.45, 2.75) is 20.8 Å². The number of hydrogen-bond donors (Lipinski definition) is 2. The Hall–Kier alpha value is -2.63. The molecule has 0 amide bonds. The van der Waals surface area contributed by atoms with Gasteiger partial charge in [0.2, 0.25) is 5.95 Å². The number of fused-ring (bicyclic) bond motifs is 1. The molecule has 3 rings (SSSR count). The molecule has 0 unspecified atom stereocenters. The quantitative estimate of drug-likeness (QED) is 0.769. The smallest absolute Gasteiger partial charge is 0.250 e. The minimum atomic E-state index is 0.469. The van der Waals surface area contributed by atoms with Crippen LogP contribution >= 0.6 is 0 Å². The van der Waals surface area contributed by atoms with E-state index in [0.717, 1.165) is 12.3 Å². The van der Waals surface area contributed by atoms with Crippen LogP contribution in [-0.2, 0) is 0 Å². The lowest BCUT2D eigenvalue weighted by molar-refractivity contribution is 0.467. The van der Waals surface area contributed by atoms with Crippen LogP contribution in [0.1, 0.15) is 18.1 Å². The summed E-state index contributed by atoms with van der Waals surface area (Å²) < 4.78 is 5.91. The predicted molar refractivity (Wildman–Crippen MR) is 81.8 cm³/mol. The number of hydrogen-bond acceptors (Lipinski definition) is 5. The molecule has 0 radical (unpaired) electrons. The Morgan fingerprint density at radius 1 is 1.19 bits per heavy atom. The molecule has 0 aliphatic rings. The lowest BCUT2D eigenvalue weighted by atomic mass is 10.1. The van der Waals surface area contributed by atoms with E-state index in [4.69, 9.17) is 4.74 Å². The van der Waals surface area contributed by atoms with Crippen molar-refractivity contribution in [1.29, 1.82) is 0 Å². The number of aryl methyl sites for hydroxylation is 2. The van der Waals surface area contributed by atoms with E-state index in [-0.39, 0.29) is 0 Å². The first kappa shape index (κ1) is 13.4. The van der Waals surface area contributed by atoms with Gasteiger partial charge in [-0.2, -0.15) is 9.97 Å². The largest absolute Gasteiger partial charge is 0.437 e. The van der Waals surface area contributed by atoms with E-state index in [1.165, 1.54) is 11.1 Å². The zero-order valence-electron chi connectivity index (χ0n) is 12.3. The molecule has 6 heteroatoms. The summed E-state index contributed by atoms with van der Waals surface area (Å²) in [6, 6.07) is 5.95. The summed E-state index contributed by atoms with van der Waals surface area (Å²) in [6.07, 6.45) is 1.59. The molecule has 0 bridgehead atoms. The molecule has 0 saturated carbocycles. The Balaban J connectivity index is 2.01. The van der Waals surface area contributed by atoms with Crippen LogP contribution in [0.25, 0.3) is 11.2 Å². The molecule has 1 aromatic carbocycles. The number of ether oxygens (including phenoxy) is 1. The van der Waals surface area contributed by atoms with Crippen LogP contribution in [0.3, 0.4) is 0 Å². The molecular formula is C15H17N5O. The third-order valence-electron chi connectivity index (χ3n) is 3.28. The highest BCUT2D eigenvalue weighted by Gasteiger charge is 2.12. The second kappa shape index (κ2) is 5.40. The van der Waals surface area contributed by atoms with Crippen molar-refractivity contribution in [3.8, 4) is 11.6 Å². The van der Waals surface area contributed by atoms with E-state index in [9.17, 15) is 0 Å². The highest BCUT2D eigenvalue weighted by Crippen LogP contribution is 2.27. The first-order valence-corrected chi connectivity index (χ1v) is 6.87. The van der Waals surface area contributed by atoms with E-state index >= 15 is 0 Å². The third kappa shape index (κ3) is 2.65. The number of imidazole rings is 1. The van der Waals surface area contributed by atoms with Crippen LogP contribution in [0.2, 0.25) is 0 Å². The van der Waals surface area contributed by atoms with Crippen molar-refractivity contribution in [2.24, 2.45) is 0 Å². The van der Waals surface area contributed by atoms with Gasteiger partial charge in [0.05, 0.1) is 6.33 Å². The Morgan fingerprint density at radius 2 is 2.05 bits per heavy atom. The van der Waals surface area contributed by atoms with Gasteiger partial charge in [0, 0.05) is 6.54 Å². The molecule has 0 atom stereocenters. The number of aromatic amines is 1. The fourth-order valence-corrected chi connectivity index (χ4v) is 2.01. The molecule has 0 saturated heterocycles. The number of nitrogens with zero attached hydrogens (tertiary/aromatic N) is 3. The van der Waals surface area contributed by atoms with E-state index < -0.39 is 0 Å². The lowest BCUT2D eigenvalue weighted by Gasteiger charge is -2.09. The Bertz CT molecular complexity index is 781. The molecule has 0 spiro atoms. The zero-order valence-corrected chi connectivity index (χ0v) is 12.3. The average Bonchev–Trinajstić information content (AvgIpc) is 2.92. The van der Waals surface area contributed by atoms with Crippen LogP contribution in [-0.4, -0.2) is 26.5 Å². The fraction of sp³-hybridized carbons (Fsp3) is 0.267. The summed E-state index contributed by atoms with van der Waals surface area (Å²) >= 11 is 0. The van der Waals surface area contributed by atoms with Gasteiger partial charge in [-0.25, -0.2) is 4.98 Å². The standard InChI is InChI=1S/C15H17N5O/c1-4-16-15-19-13-12(17-8-18-13)14(20-15)21-11-6-5-9(2)10(3)7-11/h5-8H,4H2,1-3H3,(H2,16,17,18,19,20). The molecule has 2 aromatic heterocycles. The number of aromatic nitrogens is 4. The maximum absolute atomic E-state index is 5.91. The third-order valence-corrected chi connectivity index (χ3v) is 3.28. The van der Waals surface area contributed by atoms with E-state index in [1.807, 2.05) is 25.1 Å². The lowest BCUT2D eigenvalue weighted by Crippen LogP contribution is -2.03.